The van der Waals surface area contributed by atoms with Gasteiger partial charge in [0.1, 0.15) is 17.5 Å². The molecule has 0 aliphatic rings. The lowest BCUT2D eigenvalue weighted by molar-refractivity contribution is 0.400. The average molecular weight is 234 g/mol. The van der Waals surface area contributed by atoms with E-state index in [0.29, 0.717) is 0 Å². The summed E-state index contributed by atoms with van der Waals surface area (Å²) >= 11 is 0. The van der Waals surface area contributed by atoms with Crippen molar-refractivity contribution in [2.24, 2.45) is 0 Å². The molecule has 17 heavy (non-hydrogen) atoms. The molecule has 0 radical (unpaired) electrons. The zero-order valence-corrected chi connectivity index (χ0v) is 10.9. The highest BCUT2D eigenvalue weighted by molar-refractivity contribution is 5.64. The highest BCUT2D eigenvalue weighted by atomic mass is 16.5. The van der Waals surface area contributed by atoms with Crippen molar-refractivity contribution in [3.05, 3.63) is 17.7 Å². The van der Waals surface area contributed by atoms with Gasteiger partial charge in [-0.2, -0.15) is 5.26 Å². The highest BCUT2D eigenvalue weighted by Gasteiger charge is 2.16. The molecular formula is C13H18N2O2. The fourth-order valence-electron chi connectivity index (χ4n) is 1.61. The Morgan fingerprint density at radius 2 is 1.82 bits per heavy atom. The molecule has 1 unspecified atom stereocenters. The van der Waals surface area contributed by atoms with Gasteiger partial charge in [0.2, 0.25) is 0 Å². The van der Waals surface area contributed by atoms with Crippen LogP contribution in [0.3, 0.4) is 0 Å². The van der Waals surface area contributed by atoms with E-state index in [-0.39, 0.29) is 6.04 Å². The molecule has 0 heterocycles. The third-order valence-electron chi connectivity index (χ3n) is 2.84. The molecule has 0 amide bonds. The second kappa shape index (κ2) is 5.44. The van der Waals surface area contributed by atoms with Gasteiger partial charge >= 0.3 is 0 Å². The Morgan fingerprint density at radius 3 is 2.29 bits per heavy atom. The first kappa shape index (κ1) is 13.2. The van der Waals surface area contributed by atoms with E-state index in [1.54, 1.807) is 14.2 Å². The summed E-state index contributed by atoms with van der Waals surface area (Å²) in [7, 11) is 5.11. The largest absolute Gasteiger partial charge is 0.496 e. The fourth-order valence-corrected chi connectivity index (χ4v) is 1.61. The molecule has 1 aromatic carbocycles. The Kier molecular flexibility index (Phi) is 4.22. The number of aryl methyl sites for hydroxylation is 1. The second-order valence-corrected chi connectivity index (χ2v) is 3.91. The van der Waals surface area contributed by atoms with Gasteiger partial charge in [0.25, 0.3) is 0 Å². The van der Waals surface area contributed by atoms with Crippen molar-refractivity contribution in [1.29, 1.82) is 5.26 Å². The van der Waals surface area contributed by atoms with Crippen molar-refractivity contribution in [3.8, 4) is 17.6 Å². The molecule has 4 heteroatoms. The van der Waals surface area contributed by atoms with E-state index in [1.807, 2.05) is 37.9 Å². The van der Waals surface area contributed by atoms with Crippen LogP contribution in [0.1, 0.15) is 12.5 Å². The number of ether oxygens (including phenoxy) is 2. The van der Waals surface area contributed by atoms with E-state index < -0.39 is 0 Å². The Morgan fingerprint density at radius 1 is 1.24 bits per heavy atom. The van der Waals surface area contributed by atoms with E-state index >= 15 is 0 Å². The first-order chi connectivity index (χ1) is 8.04. The van der Waals surface area contributed by atoms with Gasteiger partial charge in [-0.25, -0.2) is 0 Å². The fraction of sp³-hybridized carbons (Fsp3) is 0.462. The van der Waals surface area contributed by atoms with Gasteiger partial charge in [0.15, 0.2) is 0 Å². The summed E-state index contributed by atoms with van der Waals surface area (Å²) in [6.07, 6.45) is 0. The number of benzene rings is 1. The minimum atomic E-state index is -0.226. The number of methoxy groups -OCH3 is 2. The summed E-state index contributed by atoms with van der Waals surface area (Å²) < 4.78 is 10.6. The lowest BCUT2D eigenvalue weighted by Gasteiger charge is -2.25. The van der Waals surface area contributed by atoms with Crippen LogP contribution in [0.4, 0.5) is 5.69 Å². The van der Waals surface area contributed by atoms with Gasteiger partial charge < -0.3 is 14.4 Å². The van der Waals surface area contributed by atoms with Crippen LogP contribution in [-0.2, 0) is 0 Å². The van der Waals surface area contributed by atoms with Crippen LogP contribution in [0.5, 0.6) is 11.5 Å². The summed E-state index contributed by atoms with van der Waals surface area (Å²) in [4.78, 5) is 1.86. The second-order valence-electron chi connectivity index (χ2n) is 3.91. The summed E-state index contributed by atoms with van der Waals surface area (Å²) in [6, 6.07) is 5.77. The molecule has 4 nitrogen and oxygen atoms in total. The van der Waals surface area contributed by atoms with Crippen molar-refractivity contribution in [2.45, 2.75) is 19.9 Å². The first-order valence-corrected chi connectivity index (χ1v) is 5.40. The number of hydrogen-bond acceptors (Lipinski definition) is 4. The number of rotatable bonds is 4. The number of anilines is 1. The van der Waals surface area contributed by atoms with Gasteiger partial charge in [-0.1, -0.05) is 0 Å². The zero-order chi connectivity index (χ0) is 13.0. The number of nitrogens with zero attached hydrogens (tertiary/aromatic N) is 2. The minimum Gasteiger partial charge on any atom is -0.496 e. The van der Waals surface area contributed by atoms with Crippen molar-refractivity contribution in [3.63, 3.8) is 0 Å². The maximum Gasteiger partial charge on any atom is 0.142 e. The topological polar surface area (TPSA) is 45.5 Å². The number of hydrogen-bond donors (Lipinski definition) is 0. The van der Waals surface area contributed by atoms with Gasteiger partial charge in [-0.3, -0.25) is 0 Å². The molecule has 1 aromatic rings. The molecule has 0 saturated heterocycles. The van der Waals surface area contributed by atoms with E-state index in [4.69, 9.17) is 14.7 Å². The highest BCUT2D eigenvalue weighted by Crippen LogP contribution is 2.35. The van der Waals surface area contributed by atoms with Crippen LogP contribution < -0.4 is 14.4 Å². The van der Waals surface area contributed by atoms with Crippen molar-refractivity contribution >= 4 is 5.69 Å². The van der Waals surface area contributed by atoms with Crippen molar-refractivity contribution in [2.75, 3.05) is 26.2 Å². The van der Waals surface area contributed by atoms with Gasteiger partial charge in [-0.15, -0.1) is 0 Å². The lowest BCUT2D eigenvalue weighted by Crippen LogP contribution is -2.27. The van der Waals surface area contributed by atoms with Gasteiger partial charge in [0, 0.05) is 13.1 Å². The van der Waals surface area contributed by atoms with E-state index in [2.05, 4.69) is 6.07 Å². The summed E-state index contributed by atoms with van der Waals surface area (Å²) in [5.41, 5.74) is 1.86. The van der Waals surface area contributed by atoms with Gasteiger partial charge in [0.05, 0.1) is 26.0 Å². The van der Waals surface area contributed by atoms with Crippen molar-refractivity contribution < 1.29 is 9.47 Å². The first-order valence-electron chi connectivity index (χ1n) is 5.40. The van der Waals surface area contributed by atoms with E-state index in [0.717, 1.165) is 22.7 Å². The zero-order valence-electron chi connectivity index (χ0n) is 10.9. The van der Waals surface area contributed by atoms with Crippen LogP contribution >= 0.6 is 0 Å². The average Bonchev–Trinajstić information content (AvgIpc) is 2.36. The predicted molar refractivity (Wildman–Crippen MR) is 67.8 cm³/mol. The third kappa shape index (κ3) is 2.62. The third-order valence-corrected chi connectivity index (χ3v) is 2.84. The molecule has 0 saturated carbocycles. The van der Waals surface area contributed by atoms with Crippen LogP contribution in [0.15, 0.2) is 12.1 Å². The molecule has 0 N–H and O–H groups in total. The Labute approximate surface area is 102 Å². The molecule has 1 atom stereocenters. The van der Waals surface area contributed by atoms with Crippen molar-refractivity contribution in [1.82, 2.24) is 0 Å². The Balaban J connectivity index is 3.26. The molecule has 0 aromatic heterocycles. The summed E-state index contributed by atoms with van der Waals surface area (Å²) in [6.45, 7) is 3.80. The van der Waals surface area contributed by atoms with Gasteiger partial charge in [-0.05, 0) is 25.5 Å². The van der Waals surface area contributed by atoms with Crippen LogP contribution in [0, 0.1) is 18.3 Å². The molecule has 0 fully saturated rings. The quantitative estimate of drug-likeness (QED) is 0.802. The molecule has 0 spiro atoms. The van der Waals surface area contributed by atoms with E-state index in [1.165, 1.54) is 0 Å². The number of nitriles is 1. The SMILES string of the molecule is COc1cc(N(C)C(C)C#N)c(OC)cc1C. The maximum atomic E-state index is 8.95. The predicted octanol–water partition coefficient (Wildman–Crippen LogP) is 2.36. The molecule has 0 aliphatic carbocycles. The molecule has 92 valence electrons. The molecular weight excluding hydrogens is 216 g/mol. The monoisotopic (exact) mass is 234 g/mol. The summed E-state index contributed by atoms with van der Waals surface area (Å²) in [5, 5.41) is 8.95. The maximum absolute atomic E-state index is 8.95. The molecule has 1 rings (SSSR count). The molecule has 0 bridgehead atoms. The smallest absolute Gasteiger partial charge is 0.142 e. The minimum absolute atomic E-state index is 0.226. The Bertz CT molecular complexity index is 438. The Hall–Kier alpha value is -1.89. The van der Waals surface area contributed by atoms with Crippen LogP contribution in [0.25, 0.3) is 0 Å². The van der Waals surface area contributed by atoms with Crippen LogP contribution in [-0.4, -0.2) is 27.3 Å². The normalized spacial score (nSPS) is 11.5. The standard InChI is InChI=1S/C13H18N2O2/c1-9-6-13(17-5)11(7-12(9)16-4)15(3)10(2)8-14/h6-7,10H,1-5H3. The van der Waals surface area contributed by atoms with E-state index in [9.17, 15) is 0 Å². The molecule has 0 aliphatic heterocycles. The summed E-state index contributed by atoms with van der Waals surface area (Å²) in [5.74, 6) is 1.53. The lowest BCUT2D eigenvalue weighted by atomic mass is 10.1. The van der Waals surface area contributed by atoms with Crippen LogP contribution in [0.2, 0.25) is 0 Å².